The van der Waals surface area contributed by atoms with Crippen LogP contribution in [0.4, 0.5) is 21.6 Å². The third-order valence-electron chi connectivity index (χ3n) is 4.10. The number of carbonyl (C=O) groups is 2. The molecule has 148 valence electrons. The molecule has 0 aliphatic rings. The van der Waals surface area contributed by atoms with Crippen LogP contribution in [0.15, 0.2) is 61.1 Å². The molecule has 0 saturated carbocycles. The first-order valence-corrected chi connectivity index (χ1v) is 9.28. The molecule has 29 heavy (non-hydrogen) atoms. The molecule has 0 radical (unpaired) electrons. The van der Waals surface area contributed by atoms with Crippen molar-refractivity contribution in [1.82, 2.24) is 9.97 Å². The molecule has 0 fully saturated rings. The minimum absolute atomic E-state index is 0.0151. The minimum Gasteiger partial charge on any atom is -0.326 e. The van der Waals surface area contributed by atoms with Gasteiger partial charge in [0.2, 0.25) is 11.8 Å². The number of nitrogens with one attached hydrogen (secondary N) is 1. The Morgan fingerprint density at radius 2 is 1.86 bits per heavy atom. The highest BCUT2D eigenvalue weighted by molar-refractivity contribution is 6.31. The van der Waals surface area contributed by atoms with Crippen LogP contribution in [0.1, 0.15) is 18.9 Å². The third-order valence-corrected chi connectivity index (χ3v) is 4.45. The first-order valence-electron chi connectivity index (χ1n) is 8.90. The van der Waals surface area contributed by atoms with Crippen molar-refractivity contribution in [3.8, 4) is 0 Å². The highest BCUT2D eigenvalue weighted by Crippen LogP contribution is 2.26. The van der Waals surface area contributed by atoms with Gasteiger partial charge >= 0.3 is 0 Å². The number of benzene rings is 1. The second-order valence-corrected chi connectivity index (χ2v) is 6.56. The van der Waals surface area contributed by atoms with E-state index < -0.39 is 5.82 Å². The Morgan fingerprint density at radius 1 is 1.10 bits per heavy atom. The average Bonchev–Trinajstić information content (AvgIpc) is 2.71. The van der Waals surface area contributed by atoms with E-state index in [0.29, 0.717) is 22.8 Å². The average molecular weight is 413 g/mol. The standard InChI is InChI=1S/C21H18ClFN4O2/c1-2-21(29)27(17-6-8-24-9-7-17)19-13-16(5-10-25-19)26-20(28)11-14-3-4-15(23)12-18(14)22/h3-10,12-13H,2,11H2,1H3,(H,25,26,28). The molecule has 2 aromatic heterocycles. The van der Waals surface area contributed by atoms with E-state index in [9.17, 15) is 14.0 Å². The fourth-order valence-electron chi connectivity index (χ4n) is 2.72. The van der Waals surface area contributed by atoms with Crippen LogP contribution in [0.3, 0.4) is 0 Å². The summed E-state index contributed by atoms with van der Waals surface area (Å²) in [7, 11) is 0. The summed E-state index contributed by atoms with van der Waals surface area (Å²) in [6.07, 6.45) is 4.95. The second-order valence-electron chi connectivity index (χ2n) is 6.15. The topological polar surface area (TPSA) is 75.2 Å². The summed E-state index contributed by atoms with van der Waals surface area (Å²) in [5, 5.41) is 2.94. The fraction of sp³-hybridized carbons (Fsp3) is 0.143. The summed E-state index contributed by atoms with van der Waals surface area (Å²) < 4.78 is 13.2. The van der Waals surface area contributed by atoms with Crippen molar-refractivity contribution in [2.24, 2.45) is 0 Å². The maximum absolute atomic E-state index is 13.2. The van der Waals surface area contributed by atoms with Gasteiger partial charge in [-0.25, -0.2) is 9.37 Å². The molecule has 8 heteroatoms. The number of hydrogen-bond acceptors (Lipinski definition) is 4. The van der Waals surface area contributed by atoms with Crippen LogP contribution in [0.2, 0.25) is 5.02 Å². The number of carbonyl (C=O) groups excluding carboxylic acids is 2. The summed E-state index contributed by atoms with van der Waals surface area (Å²) >= 11 is 5.98. The van der Waals surface area contributed by atoms with Crippen LogP contribution < -0.4 is 10.2 Å². The number of amides is 2. The van der Waals surface area contributed by atoms with Gasteiger partial charge in [0.05, 0.1) is 12.1 Å². The Balaban J connectivity index is 1.80. The van der Waals surface area contributed by atoms with Crippen LogP contribution in [-0.4, -0.2) is 21.8 Å². The number of anilines is 3. The minimum atomic E-state index is -0.463. The van der Waals surface area contributed by atoms with Gasteiger partial charge in [-0.2, -0.15) is 0 Å². The molecular weight excluding hydrogens is 395 g/mol. The monoisotopic (exact) mass is 412 g/mol. The molecule has 0 aliphatic carbocycles. The van der Waals surface area contributed by atoms with Gasteiger partial charge < -0.3 is 5.32 Å². The molecule has 2 amide bonds. The SMILES string of the molecule is CCC(=O)N(c1ccncc1)c1cc(NC(=O)Cc2ccc(F)cc2Cl)ccn1. The van der Waals surface area contributed by atoms with E-state index in [2.05, 4.69) is 15.3 Å². The quantitative estimate of drug-likeness (QED) is 0.645. The van der Waals surface area contributed by atoms with Crippen LogP contribution in [0.5, 0.6) is 0 Å². The lowest BCUT2D eigenvalue weighted by Crippen LogP contribution is -2.26. The molecule has 1 N–H and O–H groups in total. The predicted octanol–water partition coefficient (Wildman–Crippen LogP) is 4.53. The maximum atomic E-state index is 13.2. The number of halogens is 2. The van der Waals surface area contributed by atoms with Crippen molar-refractivity contribution < 1.29 is 14.0 Å². The third kappa shape index (κ3) is 5.14. The summed E-state index contributed by atoms with van der Waals surface area (Å²) in [5.41, 5.74) is 1.61. The van der Waals surface area contributed by atoms with E-state index in [1.54, 1.807) is 43.6 Å². The van der Waals surface area contributed by atoms with E-state index in [4.69, 9.17) is 11.6 Å². The zero-order valence-corrected chi connectivity index (χ0v) is 16.4. The smallest absolute Gasteiger partial charge is 0.232 e. The molecule has 0 atom stereocenters. The van der Waals surface area contributed by atoms with Crippen LogP contribution in [-0.2, 0) is 16.0 Å². The van der Waals surface area contributed by atoms with Gasteiger partial charge in [-0.15, -0.1) is 0 Å². The predicted molar refractivity (Wildman–Crippen MR) is 110 cm³/mol. The van der Waals surface area contributed by atoms with Crippen LogP contribution in [0, 0.1) is 5.82 Å². The molecule has 0 bridgehead atoms. The first kappa shape index (κ1) is 20.4. The number of pyridine rings is 2. The van der Waals surface area contributed by atoms with Crippen LogP contribution >= 0.6 is 11.6 Å². The number of nitrogens with zero attached hydrogens (tertiary/aromatic N) is 3. The lowest BCUT2D eigenvalue weighted by Gasteiger charge is -2.21. The van der Waals surface area contributed by atoms with Crippen molar-refractivity contribution in [2.75, 3.05) is 10.2 Å². The highest BCUT2D eigenvalue weighted by Gasteiger charge is 2.18. The Hall–Kier alpha value is -3.32. The van der Waals surface area contributed by atoms with Crippen molar-refractivity contribution in [2.45, 2.75) is 19.8 Å². The summed E-state index contributed by atoms with van der Waals surface area (Å²) in [5.74, 6) is -0.561. The van der Waals surface area contributed by atoms with E-state index in [0.717, 1.165) is 6.07 Å². The highest BCUT2D eigenvalue weighted by atomic mass is 35.5. The zero-order valence-electron chi connectivity index (χ0n) is 15.6. The van der Waals surface area contributed by atoms with E-state index in [1.165, 1.54) is 23.2 Å². The second kappa shape index (κ2) is 9.25. The summed E-state index contributed by atoms with van der Waals surface area (Å²) in [6, 6.07) is 10.5. The van der Waals surface area contributed by atoms with E-state index in [-0.39, 0.29) is 29.7 Å². The zero-order chi connectivity index (χ0) is 20.8. The van der Waals surface area contributed by atoms with Gasteiger partial charge in [0.1, 0.15) is 11.6 Å². The Labute approximate surface area is 172 Å². The maximum Gasteiger partial charge on any atom is 0.232 e. The van der Waals surface area contributed by atoms with Crippen molar-refractivity contribution in [1.29, 1.82) is 0 Å². The largest absolute Gasteiger partial charge is 0.326 e. The first-order chi connectivity index (χ1) is 14.0. The van der Waals surface area contributed by atoms with Gasteiger partial charge in [-0.1, -0.05) is 24.6 Å². The van der Waals surface area contributed by atoms with E-state index in [1.807, 2.05) is 0 Å². The van der Waals surface area contributed by atoms with E-state index >= 15 is 0 Å². The van der Waals surface area contributed by atoms with Crippen molar-refractivity contribution in [3.05, 3.63) is 77.5 Å². The molecule has 2 heterocycles. The summed E-state index contributed by atoms with van der Waals surface area (Å²) in [4.78, 5) is 34.6. The fourth-order valence-corrected chi connectivity index (χ4v) is 2.95. The molecule has 0 aliphatic heterocycles. The Kier molecular flexibility index (Phi) is 6.51. The molecule has 0 unspecified atom stereocenters. The number of hydrogen-bond donors (Lipinski definition) is 1. The number of rotatable bonds is 6. The van der Waals surface area contributed by atoms with Crippen LogP contribution in [0.25, 0.3) is 0 Å². The lowest BCUT2D eigenvalue weighted by atomic mass is 10.1. The normalized spacial score (nSPS) is 10.4. The van der Waals surface area contributed by atoms with Gasteiger partial charge in [0, 0.05) is 41.8 Å². The molecule has 3 aromatic rings. The molecule has 1 aromatic carbocycles. The van der Waals surface area contributed by atoms with Gasteiger partial charge in [-0.05, 0) is 35.9 Å². The molecule has 0 saturated heterocycles. The van der Waals surface area contributed by atoms with Crippen molar-refractivity contribution >= 4 is 40.6 Å². The van der Waals surface area contributed by atoms with Gasteiger partial charge in [0.25, 0.3) is 0 Å². The molecule has 0 spiro atoms. The molecule has 6 nitrogen and oxygen atoms in total. The summed E-state index contributed by atoms with van der Waals surface area (Å²) in [6.45, 7) is 1.76. The Bertz CT molecular complexity index is 1030. The van der Waals surface area contributed by atoms with Crippen molar-refractivity contribution in [3.63, 3.8) is 0 Å². The number of aromatic nitrogens is 2. The lowest BCUT2D eigenvalue weighted by molar-refractivity contribution is -0.117. The van der Waals surface area contributed by atoms with Gasteiger partial charge in [0.15, 0.2) is 0 Å². The Morgan fingerprint density at radius 3 is 2.55 bits per heavy atom. The van der Waals surface area contributed by atoms with Gasteiger partial charge in [-0.3, -0.25) is 19.5 Å². The molecule has 3 rings (SSSR count). The molecular formula is C21H18ClFN4O2.